The summed E-state index contributed by atoms with van der Waals surface area (Å²) in [5.41, 5.74) is 13.8. The predicted molar refractivity (Wildman–Crippen MR) is 200 cm³/mol. The van der Waals surface area contributed by atoms with Crippen molar-refractivity contribution in [3.63, 3.8) is 0 Å². The summed E-state index contributed by atoms with van der Waals surface area (Å²) >= 11 is 3.59. The van der Waals surface area contributed by atoms with Crippen LogP contribution in [0.1, 0.15) is 130 Å². The molecule has 4 unspecified atom stereocenters. The van der Waals surface area contributed by atoms with Crippen LogP contribution in [0, 0.1) is 11.8 Å². The van der Waals surface area contributed by atoms with E-state index >= 15 is 0 Å². The third-order valence-electron chi connectivity index (χ3n) is 11.1. The van der Waals surface area contributed by atoms with Crippen LogP contribution >= 0.6 is 15.9 Å². The average Bonchev–Trinajstić information content (AvgIpc) is 3.63. The minimum absolute atomic E-state index is 0.106. The molecule has 0 aliphatic heterocycles. The van der Waals surface area contributed by atoms with E-state index in [9.17, 15) is 5.11 Å². The standard InChI is InChI=1S/C26H34O2.C17H25BrO/c1-17-12-22-18(13-21(25(2,3)4)14-23(22)24(17)28-5)10-11-26(27)15-19-8-6-7-9-20(19)16-26;1-11-8-14-12(6-7-18)9-13(17(2,3)4)10-15(14)16(11)19-5/h6-9,13-14,17,24,27H,10-12,15-16H2,1-5H3;9-11,16H,6-8H2,1-5H3. The van der Waals surface area contributed by atoms with Crippen molar-refractivity contribution < 1.29 is 14.6 Å². The summed E-state index contributed by atoms with van der Waals surface area (Å²) in [5, 5.41) is 12.3. The van der Waals surface area contributed by atoms with Gasteiger partial charge in [-0.05, 0) is 110 Å². The summed E-state index contributed by atoms with van der Waals surface area (Å²) in [4.78, 5) is 0. The Balaban J connectivity index is 0.000000199. The maximum Gasteiger partial charge on any atom is 0.0852 e. The molecule has 256 valence electrons. The normalized spacial score (nSPS) is 22.8. The topological polar surface area (TPSA) is 38.7 Å². The van der Waals surface area contributed by atoms with Crippen molar-refractivity contribution in [1.82, 2.24) is 0 Å². The number of hydrogen-bond donors (Lipinski definition) is 1. The molecule has 4 heteroatoms. The highest BCUT2D eigenvalue weighted by atomic mass is 79.9. The summed E-state index contributed by atoms with van der Waals surface area (Å²) in [6.07, 6.45) is 7.10. The molecule has 4 atom stereocenters. The predicted octanol–water partition coefficient (Wildman–Crippen LogP) is 10.1. The molecule has 3 aliphatic carbocycles. The number of ether oxygens (including phenoxy) is 2. The number of benzene rings is 3. The molecule has 0 bridgehead atoms. The van der Waals surface area contributed by atoms with Gasteiger partial charge in [0.05, 0.1) is 17.8 Å². The van der Waals surface area contributed by atoms with Crippen LogP contribution in [0.25, 0.3) is 0 Å². The van der Waals surface area contributed by atoms with Crippen molar-refractivity contribution in [3.8, 4) is 0 Å². The molecule has 47 heavy (non-hydrogen) atoms. The monoisotopic (exact) mass is 702 g/mol. The van der Waals surface area contributed by atoms with Crippen molar-refractivity contribution in [2.24, 2.45) is 11.8 Å². The second-order valence-electron chi connectivity index (χ2n) is 16.9. The summed E-state index contributed by atoms with van der Waals surface area (Å²) in [6, 6.07) is 18.0. The minimum Gasteiger partial charge on any atom is -0.389 e. The molecule has 0 aromatic heterocycles. The molecule has 0 heterocycles. The molecule has 0 spiro atoms. The van der Waals surface area contributed by atoms with E-state index in [1.165, 1.54) is 55.6 Å². The van der Waals surface area contributed by atoms with Crippen molar-refractivity contribution in [3.05, 3.63) is 104 Å². The molecule has 0 fully saturated rings. The van der Waals surface area contributed by atoms with E-state index in [2.05, 4.69) is 120 Å². The van der Waals surface area contributed by atoms with Gasteiger partial charge in [-0.15, -0.1) is 0 Å². The van der Waals surface area contributed by atoms with Crippen molar-refractivity contribution in [2.45, 2.75) is 129 Å². The number of hydrogen-bond acceptors (Lipinski definition) is 3. The number of aliphatic hydroxyl groups is 1. The molecule has 0 radical (unpaired) electrons. The molecule has 3 aliphatic rings. The molecule has 3 aromatic rings. The van der Waals surface area contributed by atoms with Gasteiger partial charge in [-0.3, -0.25) is 0 Å². The third-order valence-corrected chi connectivity index (χ3v) is 11.5. The lowest BCUT2D eigenvalue weighted by Crippen LogP contribution is -2.30. The van der Waals surface area contributed by atoms with Gasteiger partial charge in [0.1, 0.15) is 0 Å². The highest BCUT2D eigenvalue weighted by Gasteiger charge is 2.37. The SMILES string of the molecule is COC1c2cc(C(C)(C)C)cc(CCBr)c2CC1C.COC1c2cc(C(C)(C)C)cc(CCC3(O)Cc4ccccc4C3)c2CC1C. The van der Waals surface area contributed by atoms with Gasteiger partial charge in [0, 0.05) is 32.4 Å². The number of aryl methyl sites for hydroxylation is 2. The Morgan fingerprint density at radius 3 is 1.53 bits per heavy atom. The fraction of sp³-hybridized carbons (Fsp3) is 0.581. The van der Waals surface area contributed by atoms with E-state index in [1.807, 2.05) is 14.2 Å². The van der Waals surface area contributed by atoms with Crippen LogP contribution in [0.15, 0.2) is 48.5 Å². The summed E-state index contributed by atoms with van der Waals surface area (Å²) < 4.78 is 11.6. The average molecular weight is 704 g/mol. The molecule has 0 saturated heterocycles. The van der Waals surface area contributed by atoms with Crippen LogP contribution in [0.5, 0.6) is 0 Å². The summed E-state index contributed by atoms with van der Waals surface area (Å²) in [6.45, 7) is 18.3. The van der Waals surface area contributed by atoms with Gasteiger partial charge >= 0.3 is 0 Å². The molecular weight excluding hydrogens is 644 g/mol. The van der Waals surface area contributed by atoms with Crippen LogP contribution in [0.3, 0.4) is 0 Å². The van der Waals surface area contributed by atoms with Crippen LogP contribution in [0.4, 0.5) is 0 Å². The van der Waals surface area contributed by atoms with Crippen LogP contribution < -0.4 is 0 Å². The Kier molecular flexibility index (Phi) is 10.9. The van der Waals surface area contributed by atoms with Crippen LogP contribution in [0.2, 0.25) is 0 Å². The second kappa shape index (κ2) is 14.1. The number of methoxy groups -OCH3 is 2. The quantitative estimate of drug-likeness (QED) is 0.249. The zero-order valence-corrected chi connectivity index (χ0v) is 32.3. The van der Waals surface area contributed by atoms with Crippen LogP contribution in [-0.2, 0) is 58.8 Å². The molecule has 1 N–H and O–H groups in total. The van der Waals surface area contributed by atoms with E-state index in [0.717, 1.165) is 50.3 Å². The summed E-state index contributed by atoms with van der Waals surface area (Å²) in [5.74, 6) is 1.09. The van der Waals surface area contributed by atoms with Gasteiger partial charge in [0.2, 0.25) is 0 Å². The number of halogens is 1. The van der Waals surface area contributed by atoms with Crippen molar-refractivity contribution >= 4 is 15.9 Å². The molecule has 3 nitrogen and oxygen atoms in total. The Labute approximate surface area is 294 Å². The number of fused-ring (bicyclic) bond motifs is 3. The van der Waals surface area contributed by atoms with E-state index < -0.39 is 5.60 Å². The first-order chi connectivity index (χ1) is 22.1. The molecular formula is C43H59BrO3. The lowest BCUT2D eigenvalue weighted by Gasteiger charge is -2.26. The van der Waals surface area contributed by atoms with E-state index in [4.69, 9.17) is 9.47 Å². The molecule has 0 amide bonds. The number of rotatable bonds is 7. The largest absolute Gasteiger partial charge is 0.389 e. The summed E-state index contributed by atoms with van der Waals surface area (Å²) in [7, 11) is 3.67. The van der Waals surface area contributed by atoms with Gasteiger partial charge in [-0.25, -0.2) is 0 Å². The Morgan fingerprint density at radius 2 is 1.15 bits per heavy atom. The zero-order chi connectivity index (χ0) is 34.3. The smallest absolute Gasteiger partial charge is 0.0852 e. The maximum absolute atomic E-state index is 11.3. The maximum atomic E-state index is 11.3. The lowest BCUT2D eigenvalue weighted by atomic mass is 9.82. The fourth-order valence-corrected chi connectivity index (χ4v) is 8.77. The van der Waals surface area contributed by atoms with Gasteiger partial charge in [0.25, 0.3) is 0 Å². The Bertz CT molecular complexity index is 1530. The molecule has 0 saturated carbocycles. The first kappa shape index (κ1) is 36.3. The molecule has 3 aromatic carbocycles. The third kappa shape index (κ3) is 7.77. The van der Waals surface area contributed by atoms with Gasteiger partial charge < -0.3 is 14.6 Å². The van der Waals surface area contributed by atoms with Gasteiger partial charge in [-0.1, -0.05) is 120 Å². The van der Waals surface area contributed by atoms with E-state index in [0.29, 0.717) is 11.8 Å². The zero-order valence-electron chi connectivity index (χ0n) is 30.7. The molecule has 6 rings (SSSR count). The Morgan fingerprint density at radius 1 is 0.723 bits per heavy atom. The minimum atomic E-state index is -0.612. The van der Waals surface area contributed by atoms with Gasteiger partial charge in [-0.2, -0.15) is 0 Å². The first-order valence-electron chi connectivity index (χ1n) is 17.8. The van der Waals surface area contributed by atoms with Crippen LogP contribution in [-0.4, -0.2) is 30.3 Å². The van der Waals surface area contributed by atoms with Gasteiger partial charge in [0.15, 0.2) is 0 Å². The highest BCUT2D eigenvalue weighted by Crippen LogP contribution is 2.44. The van der Waals surface area contributed by atoms with Crippen molar-refractivity contribution in [1.29, 1.82) is 0 Å². The second-order valence-corrected chi connectivity index (χ2v) is 17.7. The highest BCUT2D eigenvalue weighted by molar-refractivity contribution is 9.09. The lowest BCUT2D eigenvalue weighted by molar-refractivity contribution is 0.0426. The fourth-order valence-electron chi connectivity index (χ4n) is 8.34. The number of alkyl halides is 1. The van der Waals surface area contributed by atoms with E-state index in [-0.39, 0.29) is 23.0 Å². The first-order valence-corrected chi connectivity index (χ1v) is 18.9. The Hall–Kier alpha value is -1.98. The van der Waals surface area contributed by atoms with E-state index in [1.54, 1.807) is 0 Å². The van der Waals surface area contributed by atoms with Crippen molar-refractivity contribution in [2.75, 3.05) is 19.5 Å².